The number of hydrogen-bond acceptors (Lipinski definition) is 2. The molecule has 1 aromatic carbocycles. The van der Waals surface area contributed by atoms with E-state index in [-0.39, 0.29) is 0 Å². The first-order valence-corrected chi connectivity index (χ1v) is 4.95. The number of rotatable bonds is 3. The summed E-state index contributed by atoms with van der Waals surface area (Å²) >= 11 is 0. The van der Waals surface area contributed by atoms with E-state index in [1.165, 1.54) is 0 Å². The van der Waals surface area contributed by atoms with Crippen LogP contribution in [0.5, 0.6) is 0 Å². The average Bonchev–Trinajstić information content (AvgIpc) is 2.26. The molecule has 2 nitrogen and oxygen atoms in total. The van der Waals surface area contributed by atoms with Crippen molar-refractivity contribution in [3.8, 4) is 6.07 Å². The zero-order valence-electron chi connectivity index (χ0n) is 9.44. The van der Waals surface area contributed by atoms with Crippen LogP contribution < -0.4 is 0 Å². The van der Waals surface area contributed by atoms with Crippen LogP contribution in [0.3, 0.4) is 0 Å². The van der Waals surface area contributed by atoms with Gasteiger partial charge in [-0.25, -0.2) is 0 Å². The van der Waals surface area contributed by atoms with Crippen LogP contribution >= 0.6 is 0 Å². The molecule has 0 saturated carbocycles. The highest BCUT2D eigenvalue weighted by Gasteiger charge is 2.31. The maximum absolute atomic E-state index is 9.39. The van der Waals surface area contributed by atoms with Crippen molar-refractivity contribution in [2.24, 2.45) is 0 Å². The van der Waals surface area contributed by atoms with E-state index in [1.807, 2.05) is 68.4 Å². The van der Waals surface area contributed by atoms with E-state index in [9.17, 15) is 5.26 Å². The Morgan fingerprint density at radius 1 is 1.27 bits per heavy atom. The molecule has 0 bridgehead atoms. The van der Waals surface area contributed by atoms with Crippen molar-refractivity contribution in [1.82, 2.24) is 4.90 Å². The molecule has 1 unspecified atom stereocenters. The van der Waals surface area contributed by atoms with Gasteiger partial charge in [0.25, 0.3) is 0 Å². The molecule has 0 N–H and O–H groups in total. The van der Waals surface area contributed by atoms with E-state index in [4.69, 9.17) is 0 Å². The lowest BCUT2D eigenvalue weighted by Crippen LogP contribution is -2.38. The summed E-state index contributed by atoms with van der Waals surface area (Å²) in [4.78, 5) is 1.92. The smallest absolute Gasteiger partial charge is 0.152 e. The molecule has 1 atom stereocenters. The summed E-state index contributed by atoms with van der Waals surface area (Å²) in [6.07, 6.45) is 3.83. The number of nitrogens with zero attached hydrogens (tertiary/aromatic N) is 2. The summed E-state index contributed by atoms with van der Waals surface area (Å²) in [5.41, 5.74) is 0.339. The fraction of sp³-hybridized carbons (Fsp3) is 0.308. The van der Waals surface area contributed by atoms with E-state index in [2.05, 4.69) is 6.07 Å². The average molecular weight is 200 g/mol. The fourth-order valence-electron chi connectivity index (χ4n) is 1.64. The maximum atomic E-state index is 9.39. The Hall–Kier alpha value is -1.59. The molecule has 78 valence electrons. The molecule has 0 aromatic heterocycles. The molecule has 0 aliphatic rings. The SMILES string of the molecule is C/C=C\C(C#N)(c1ccccc1)N(C)C. The first kappa shape index (κ1) is 11.5. The van der Waals surface area contributed by atoms with Crippen LogP contribution in [0.25, 0.3) is 0 Å². The number of nitriles is 1. The van der Waals surface area contributed by atoms with Crippen LogP contribution in [0.4, 0.5) is 0 Å². The summed E-state index contributed by atoms with van der Waals surface area (Å²) in [5, 5.41) is 9.39. The van der Waals surface area contributed by atoms with Gasteiger partial charge in [-0.1, -0.05) is 36.4 Å². The Morgan fingerprint density at radius 2 is 1.87 bits per heavy atom. The Morgan fingerprint density at radius 3 is 2.27 bits per heavy atom. The quantitative estimate of drug-likeness (QED) is 0.701. The third-order valence-electron chi connectivity index (χ3n) is 2.50. The van der Waals surface area contributed by atoms with Crippen molar-refractivity contribution in [3.63, 3.8) is 0 Å². The van der Waals surface area contributed by atoms with Gasteiger partial charge in [-0.2, -0.15) is 5.26 Å². The van der Waals surface area contributed by atoms with Crippen LogP contribution in [0, 0.1) is 11.3 Å². The van der Waals surface area contributed by atoms with E-state index < -0.39 is 5.54 Å². The summed E-state index contributed by atoms with van der Waals surface area (Å²) < 4.78 is 0. The first-order valence-electron chi connectivity index (χ1n) is 4.95. The third-order valence-corrected chi connectivity index (χ3v) is 2.50. The first-order chi connectivity index (χ1) is 7.17. The van der Waals surface area contributed by atoms with Gasteiger partial charge < -0.3 is 0 Å². The number of likely N-dealkylation sites (N-methyl/N-ethyl adjacent to an activating group) is 1. The molecular formula is C13H16N2. The molecule has 0 spiro atoms. The second kappa shape index (κ2) is 4.77. The van der Waals surface area contributed by atoms with Gasteiger partial charge in [-0.15, -0.1) is 0 Å². The zero-order valence-corrected chi connectivity index (χ0v) is 9.44. The van der Waals surface area contributed by atoms with Crippen LogP contribution in [0.2, 0.25) is 0 Å². The molecule has 2 heteroatoms. The minimum Gasteiger partial charge on any atom is -0.285 e. The topological polar surface area (TPSA) is 27.0 Å². The lowest BCUT2D eigenvalue weighted by Gasteiger charge is -2.30. The molecule has 0 amide bonds. The predicted octanol–water partition coefficient (Wildman–Crippen LogP) is 2.54. The molecule has 15 heavy (non-hydrogen) atoms. The second-order valence-electron chi connectivity index (χ2n) is 3.64. The lowest BCUT2D eigenvalue weighted by atomic mass is 9.90. The standard InChI is InChI=1S/C13H16N2/c1-4-10-13(11-14,15(2)3)12-8-6-5-7-9-12/h4-10H,1-3H3/b10-4-. The van der Waals surface area contributed by atoms with Crippen molar-refractivity contribution in [1.29, 1.82) is 5.26 Å². The number of allylic oxidation sites excluding steroid dienone is 1. The molecule has 0 radical (unpaired) electrons. The van der Waals surface area contributed by atoms with E-state index in [0.29, 0.717) is 0 Å². The summed E-state index contributed by atoms with van der Waals surface area (Å²) in [7, 11) is 3.83. The minimum atomic E-state index is -0.657. The van der Waals surface area contributed by atoms with Gasteiger partial charge in [-0.3, -0.25) is 4.90 Å². The van der Waals surface area contributed by atoms with Gasteiger partial charge in [-0.05, 0) is 32.7 Å². The van der Waals surface area contributed by atoms with Crippen molar-refractivity contribution in [2.45, 2.75) is 12.5 Å². The van der Waals surface area contributed by atoms with Gasteiger partial charge in [0.2, 0.25) is 0 Å². The van der Waals surface area contributed by atoms with Gasteiger partial charge in [0.05, 0.1) is 6.07 Å². The normalized spacial score (nSPS) is 15.1. The molecule has 0 aliphatic carbocycles. The zero-order chi connectivity index (χ0) is 11.3. The van der Waals surface area contributed by atoms with Crippen molar-refractivity contribution in [3.05, 3.63) is 48.0 Å². The highest BCUT2D eigenvalue weighted by molar-refractivity contribution is 5.37. The Bertz CT molecular complexity index is 373. The molecule has 0 aliphatic heterocycles. The van der Waals surface area contributed by atoms with Crippen molar-refractivity contribution in [2.75, 3.05) is 14.1 Å². The van der Waals surface area contributed by atoms with Gasteiger partial charge in [0.1, 0.15) is 0 Å². The van der Waals surface area contributed by atoms with E-state index >= 15 is 0 Å². The Kier molecular flexibility index (Phi) is 3.65. The van der Waals surface area contributed by atoms with E-state index in [1.54, 1.807) is 0 Å². The van der Waals surface area contributed by atoms with Crippen molar-refractivity contribution < 1.29 is 0 Å². The van der Waals surface area contributed by atoms with Crippen LogP contribution in [-0.2, 0) is 5.54 Å². The van der Waals surface area contributed by atoms with Crippen LogP contribution in [0.15, 0.2) is 42.5 Å². The molecule has 1 aromatic rings. The fourth-order valence-corrected chi connectivity index (χ4v) is 1.64. The summed E-state index contributed by atoms with van der Waals surface area (Å²) in [6, 6.07) is 12.2. The monoisotopic (exact) mass is 200 g/mol. The van der Waals surface area contributed by atoms with Gasteiger partial charge >= 0.3 is 0 Å². The molecule has 0 fully saturated rings. The largest absolute Gasteiger partial charge is 0.285 e. The second-order valence-corrected chi connectivity index (χ2v) is 3.64. The van der Waals surface area contributed by atoms with Crippen molar-refractivity contribution >= 4 is 0 Å². The molecular weight excluding hydrogens is 184 g/mol. The Balaban J connectivity index is 3.30. The molecule has 1 rings (SSSR count). The maximum Gasteiger partial charge on any atom is 0.152 e. The van der Waals surface area contributed by atoms with E-state index in [0.717, 1.165) is 5.56 Å². The molecule has 0 heterocycles. The minimum absolute atomic E-state index is 0.657. The number of hydrogen-bond donors (Lipinski definition) is 0. The third kappa shape index (κ3) is 2.08. The summed E-state index contributed by atoms with van der Waals surface area (Å²) in [6.45, 7) is 1.93. The predicted molar refractivity (Wildman–Crippen MR) is 62.2 cm³/mol. The summed E-state index contributed by atoms with van der Waals surface area (Å²) in [5.74, 6) is 0. The van der Waals surface area contributed by atoms with Gasteiger partial charge in [0, 0.05) is 0 Å². The highest BCUT2D eigenvalue weighted by Crippen LogP contribution is 2.27. The highest BCUT2D eigenvalue weighted by atomic mass is 15.1. The van der Waals surface area contributed by atoms with Gasteiger partial charge in [0.15, 0.2) is 5.54 Å². The lowest BCUT2D eigenvalue weighted by molar-refractivity contribution is 0.275. The number of benzene rings is 1. The molecule has 0 saturated heterocycles. The Labute approximate surface area is 91.4 Å². The van der Waals surface area contributed by atoms with Crippen LogP contribution in [-0.4, -0.2) is 19.0 Å². The van der Waals surface area contributed by atoms with Crippen LogP contribution in [0.1, 0.15) is 12.5 Å².